The van der Waals surface area contributed by atoms with E-state index in [9.17, 15) is 8.42 Å². The molecule has 3 nitrogen and oxygen atoms in total. The van der Waals surface area contributed by atoms with Gasteiger partial charge in [-0.1, -0.05) is 22.4 Å². The van der Waals surface area contributed by atoms with Crippen LogP contribution in [0.4, 0.5) is 0 Å². The van der Waals surface area contributed by atoms with Crippen molar-refractivity contribution in [2.45, 2.75) is 35.6 Å². The van der Waals surface area contributed by atoms with E-state index in [0.29, 0.717) is 4.47 Å². The van der Waals surface area contributed by atoms with Crippen LogP contribution in [-0.2, 0) is 10.0 Å². The predicted octanol–water partition coefficient (Wildman–Crippen LogP) is 3.65. The molecule has 2 unspecified atom stereocenters. The third-order valence-electron chi connectivity index (χ3n) is 2.92. The van der Waals surface area contributed by atoms with Crippen LogP contribution in [0.25, 0.3) is 0 Å². The molecule has 0 amide bonds. The van der Waals surface area contributed by atoms with Crippen molar-refractivity contribution in [1.82, 2.24) is 4.72 Å². The second-order valence-corrected chi connectivity index (χ2v) is 8.26. The monoisotopic (exact) mass is 415 g/mol. The van der Waals surface area contributed by atoms with Crippen LogP contribution in [0.15, 0.2) is 32.0 Å². The van der Waals surface area contributed by atoms with Crippen molar-refractivity contribution in [2.75, 3.05) is 0 Å². The summed E-state index contributed by atoms with van der Waals surface area (Å²) in [4.78, 5) is 0.229. The van der Waals surface area contributed by atoms with Crippen LogP contribution in [0, 0.1) is 0 Å². The van der Waals surface area contributed by atoms with E-state index in [1.165, 1.54) is 0 Å². The first-order valence-corrected chi connectivity index (χ1v) is 9.02. The molecule has 1 aromatic carbocycles. The second kappa shape index (κ2) is 5.79. The van der Waals surface area contributed by atoms with E-state index in [1.807, 2.05) is 0 Å². The summed E-state index contributed by atoms with van der Waals surface area (Å²) in [6.45, 7) is 0. The van der Waals surface area contributed by atoms with E-state index in [4.69, 9.17) is 11.6 Å². The van der Waals surface area contributed by atoms with Gasteiger partial charge in [0, 0.05) is 20.4 Å². The zero-order valence-corrected chi connectivity index (χ0v) is 14.1. The minimum Gasteiger partial charge on any atom is -0.207 e. The van der Waals surface area contributed by atoms with Gasteiger partial charge in [0.2, 0.25) is 10.0 Å². The maximum atomic E-state index is 12.3. The Bertz CT molecular complexity index is 550. The van der Waals surface area contributed by atoms with Gasteiger partial charge in [0.1, 0.15) is 0 Å². The molecule has 1 aliphatic rings. The molecule has 0 spiro atoms. The normalized spacial score (nSPS) is 24.4. The fourth-order valence-corrected chi connectivity index (χ4v) is 5.22. The van der Waals surface area contributed by atoms with Crippen LogP contribution in [-0.4, -0.2) is 19.8 Å². The Morgan fingerprint density at radius 2 is 2.00 bits per heavy atom. The van der Waals surface area contributed by atoms with Gasteiger partial charge in [-0.15, -0.1) is 11.6 Å². The van der Waals surface area contributed by atoms with Crippen molar-refractivity contribution < 1.29 is 8.42 Å². The first-order valence-electron chi connectivity index (χ1n) is 5.51. The molecule has 1 aliphatic carbocycles. The Morgan fingerprint density at radius 3 is 2.61 bits per heavy atom. The number of nitrogens with one attached hydrogen (secondary N) is 1. The van der Waals surface area contributed by atoms with E-state index >= 15 is 0 Å². The Kier molecular flexibility index (Phi) is 4.75. The second-order valence-electron chi connectivity index (χ2n) is 4.25. The zero-order chi connectivity index (χ0) is 13.3. The Hall–Kier alpha value is 0.380. The lowest BCUT2D eigenvalue weighted by Gasteiger charge is -2.16. The molecule has 0 aromatic heterocycles. The number of rotatable bonds is 3. The molecule has 18 heavy (non-hydrogen) atoms. The summed E-state index contributed by atoms with van der Waals surface area (Å²) in [6.07, 6.45) is 2.61. The minimum atomic E-state index is -3.54. The topological polar surface area (TPSA) is 46.2 Å². The number of alkyl halides is 1. The highest BCUT2D eigenvalue weighted by Crippen LogP contribution is 2.29. The van der Waals surface area contributed by atoms with Gasteiger partial charge in [-0.3, -0.25) is 0 Å². The summed E-state index contributed by atoms with van der Waals surface area (Å²) in [7, 11) is -3.54. The van der Waals surface area contributed by atoms with Crippen molar-refractivity contribution in [3.05, 3.63) is 27.1 Å². The molecule has 1 N–H and O–H groups in total. The molecule has 0 radical (unpaired) electrons. The van der Waals surface area contributed by atoms with Crippen LogP contribution in [0.5, 0.6) is 0 Å². The van der Waals surface area contributed by atoms with E-state index in [1.54, 1.807) is 18.2 Å². The SMILES string of the molecule is O=S(=O)(NC1CCCC1Cl)c1cc(Br)ccc1Br. The molecule has 0 bridgehead atoms. The van der Waals surface area contributed by atoms with Gasteiger partial charge in [-0.25, -0.2) is 13.1 Å². The molecule has 0 saturated heterocycles. The lowest BCUT2D eigenvalue weighted by atomic mass is 10.3. The molecule has 1 saturated carbocycles. The standard InChI is InChI=1S/C11H12Br2ClNO2S/c12-7-4-5-8(13)11(6-7)18(16,17)15-10-3-1-2-9(10)14/h4-6,9-10,15H,1-3H2. The van der Waals surface area contributed by atoms with Crippen molar-refractivity contribution in [1.29, 1.82) is 0 Å². The highest BCUT2D eigenvalue weighted by molar-refractivity contribution is 9.11. The van der Waals surface area contributed by atoms with Crippen molar-refractivity contribution in [3.63, 3.8) is 0 Å². The number of hydrogen-bond acceptors (Lipinski definition) is 2. The van der Waals surface area contributed by atoms with Gasteiger partial charge in [-0.2, -0.15) is 0 Å². The lowest BCUT2D eigenvalue weighted by Crippen LogP contribution is -2.37. The van der Waals surface area contributed by atoms with Crippen LogP contribution in [0.1, 0.15) is 19.3 Å². The van der Waals surface area contributed by atoms with Gasteiger partial charge in [0.15, 0.2) is 0 Å². The number of hydrogen-bond donors (Lipinski definition) is 1. The highest BCUT2D eigenvalue weighted by atomic mass is 79.9. The van der Waals surface area contributed by atoms with E-state index in [0.717, 1.165) is 23.7 Å². The molecule has 0 heterocycles. The number of sulfonamides is 1. The molecule has 1 aromatic rings. The van der Waals surface area contributed by atoms with Crippen molar-refractivity contribution in [3.8, 4) is 0 Å². The van der Waals surface area contributed by atoms with Gasteiger partial charge in [0.25, 0.3) is 0 Å². The molecule has 0 aliphatic heterocycles. The fourth-order valence-electron chi connectivity index (χ4n) is 1.99. The Labute approximate surface area is 129 Å². The third-order valence-corrected chi connectivity index (χ3v) is 6.42. The summed E-state index contributed by atoms with van der Waals surface area (Å²) in [6, 6.07) is 4.88. The maximum absolute atomic E-state index is 12.3. The summed E-state index contributed by atoms with van der Waals surface area (Å²) in [5, 5.41) is -0.120. The average molecular weight is 418 g/mol. The van der Waals surface area contributed by atoms with Crippen molar-refractivity contribution in [2.24, 2.45) is 0 Å². The maximum Gasteiger partial charge on any atom is 0.242 e. The highest BCUT2D eigenvalue weighted by Gasteiger charge is 2.30. The van der Waals surface area contributed by atoms with Crippen LogP contribution in [0.2, 0.25) is 0 Å². The molecular formula is C11H12Br2ClNO2S. The summed E-state index contributed by atoms with van der Waals surface area (Å²) >= 11 is 12.6. The van der Waals surface area contributed by atoms with Crippen LogP contribution in [0.3, 0.4) is 0 Å². The summed E-state index contributed by atoms with van der Waals surface area (Å²) < 4.78 is 28.5. The fraction of sp³-hybridized carbons (Fsp3) is 0.455. The van der Waals surface area contributed by atoms with E-state index in [2.05, 4.69) is 36.6 Å². The van der Waals surface area contributed by atoms with E-state index < -0.39 is 10.0 Å². The Balaban J connectivity index is 2.28. The molecule has 7 heteroatoms. The third kappa shape index (κ3) is 3.28. The molecule has 1 fully saturated rings. The van der Waals surface area contributed by atoms with Gasteiger partial charge < -0.3 is 0 Å². The van der Waals surface area contributed by atoms with Gasteiger partial charge in [-0.05, 0) is 47.0 Å². The van der Waals surface area contributed by atoms with Crippen molar-refractivity contribution >= 4 is 53.5 Å². The molecular weight excluding hydrogens is 405 g/mol. The number of halogens is 3. The molecule has 2 rings (SSSR count). The smallest absolute Gasteiger partial charge is 0.207 e. The Morgan fingerprint density at radius 1 is 1.28 bits per heavy atom. The summed E-state index contributed by atoms with van der Waals surface area (Å²) in [5.41, 5.74) is 0. The predicted molar refractivity (Wildman–Crippen MR) is 79.4 cm³/mol. The molecule has 100 valence electrons. The molecule has 2 atom stereocenters. The first-order chi connectivity index (χ1) is 8.40. The largest absolute Gasteiger partial charge is 0.242 e. The summed E-state index contributed by atoms with van der Waals surface area (Å²) in [5.74, 6) is 0. The first kappa shape index (κ1) is 14.8. The van der Waals surface area contributed by atoms with Gasteiger partial charge in [0.05, 0.1) is 4.90 Å². The van der Waals surface area contributed by atoms with Gasteiger partial charge >= 0.3 is 0 Å². The quantitative estimate of drug-likeness (QED) is 0.763. The number of benzene rings is 1. The van der Waals surface area contributed by atoms with Crippen LogP contribution >= 0.6 is 43.5 Å². The average Bonchev–Trinajstić information content (AvgIpc) is 2.67. The zero-order valence-electron chi connectivity index (χ0n) is 9.37. The van der Waals surface area contributed by atoms with Crippen LogP contribution < -0.4 is 4.72 Å². The van der Waals surface area contributed by atoms with E-state index in [-0.39, 0.29) is 16.3 Å². The minimum absolute atomic E-state index is 0.120. The lowest BCUT2D eigenvalue weighted by molar-refractivity contribution is 0.553.